The third-order valence-corrected chi connectivity index (χ3v) is 1.77. The highest BCUT2D eigenvalue weighted by molar-refractivity contribution is 5.85. The zero-order valence-electron chi connectivity index (χ0n) is 7.26. The first kappa shape index (κ1) is 10.7. The lowest BCUT2D eigenvalue weighted by atomic mass is 9.92. The average molecular weight is 174 g/mol. The van der Waals surface area contributed by atoms with Crippen LogP contribution in [0.1, 0.15) is 12.8 Å². The molecule has 0 unspecified atom stereocenters. The van der Waals surface area contributed by atoms with E-state index in [0.717, 1.165) is 6.54 Å². The van der Waals surface area contributed by atoms with Crippen molar-refractivity contribution < 1.29 is 0 Å². The van der Waals surface area contributed by atoms with E-state index in [4.69, 9.17) is 0 Å². The molecule has 0 radical (unpaired) electrons. The minimum Gasteiger partial charge on any atom is -0.305 e. The third-order valence-electron chi connectivity index (χ3n) is 1.77. The van der Waals surface area contributed by atoms with Gasteiger partial charge in [-0.05, 0) is 38.1 Å². The molecular formula is C9H16ClN. The van der Waals surface area contributed by atoms with Gasteiger partial charge in [-0.15, -0.1) is 12.4 Å². The summed E-state index contributed by atoms with van der Waals surface area (Å²) in [6.45, 7) is 5.01. The maximum Gasteiger partial charge on any atom is 0.0224 e. The summed E-state index contributed by atoms with van der Waals surface area (Å²) in [7, 11) is 4.15. The van der Waals surface area contributed by atoms with Gasteiger partial charge in [-0.25, -0.2) is 0 Å². The number of hydrogen-bond acceptors (Lipinski definition) is 1. The van der Waals surface area contributed by atoms with Gasteiger partial charge in [-0.3, -0.25) is 0 Å². The molecule has 2 heteroatoms. The van der Waals surface area contributed by atoms with E-state index in [1.807, 2.05) is 0 Å². The molecule has 0 fully saturated rings. The summed E-state index contributed by atoms with van der Waals surface area (Å²) in [5.41, 5.74) is 2.75. The van der Waals surface area contributed by atoms with Crippen LogP contribution in [0.3, 0.4) is 0 Å². The van der Waals surface area contributed by atoms with Crippen molar-refractivity contribution in [3.8, 4) is 0 Å². The van der Waals surface area contributed by atoms with Crippen LogP contribution >= 0.6 is 12.4 Å². The van der Waals surface area contributed by atoms with Crippen molar-refractivity contribution in [1.82, 2.24) is 4.90 Å². The molecule has 0 saturated heterocycles. The van der Waals surface area contributed by atoms with Gasteiger partial charge >= 0.3 is 0 Å². The zero-order chi connectivity index (χ0) is 7.56. The number of allylic oxidation sites excluding steroid dienone is 1. The highest BCUT2D eigenvalue weighted by Crippen LogP contribution is 2.24. The lowest BCUT2D eigenvalue weighted by Crippen LogP contribution is -2.16. The van der Waals surface area contributed by atoms with E-state index in [9.17, 15) is 0 Å². The van der Waals surface area contributed by atoms with E-state index in [2.05, 4.69) is 31.7 Å². The van der Waals surface area contributed by atoms with Gasteiger partial charge in [0.1, 0.15) is 0 Å². The fraction of sp³-hybridized carbons (Fsp3) is 0.556. The molecule has 1 aliphatic rings. The van der Waals surface area contributed by atoms with Crippen LogP contribution in [0.2, 0.25) is 0 Å². The minimum atomic E-state index is 0. The van der Waals surface area contributed by atoms with Crippen molar-refractivity contribution in [2.24, 2.45) is 0 Å². The molecule has 0 aromatic rings. The second kappa shape index (κ2) is 4.58. The van der Waals surface area contributed by atoms with Gasteiger partial charge in [-0.1, -0.05) is 12.7 Å². The first-order valence-corrected chi connectivity index (χ1v) is 3.72. The topological polar surface area (TPSA) is 3.24 Å². The SMILES string of the molecule is C=C(CN(C)C)C1=CCC1.Cl. The molecule has 1 nitrogen and oxygen atoms in total. The van der Waals surface area contributed by atoms with Crippen LogP contribution < -0.4 is 0 Å². The fourth-order valence-electron chi connectivity index (χ4n) is 1.09. The van der Waals surface area contributed by atoms with Crippen molar-refractivity contribution >= 4 is 12.4 Å². The summed E-state index contributed by atoms with van der Waals surface area (Å²) in [6, 6.07) is 0. The second-order valence-corrected chi connectivity index (χ2v) is 3.11. The number of nitrogens with zero attached hydrogens (tertiary/aromatic N) is 1. The van der Waals surface area contributed by atoms with E-state index in [1.165, 1.54) is 24.0 Å². The molecular weight excluding hydrogens is 158 g/mol. The molecule has 0 bridgehead atoms. The molecule has 0 N–H and O–H groups in total. The number of likely N-dealkylation sites (N-methyl/N-ethyl adjacent to an activating group) is 1. The summed E-state index contributed by atoms with van der Waals surface area (Å²) >= 11 is 0. The number of rotatable bonds is 3. The van der Waals surface area contributed by atoms with E-state index >= 15 is 0 Å². The lowest BCUT2D eigenvalue weighted by Gasteiger charge is -2.19. The molecule has 0 aliphatic heterocycles. The van der Waals surface area contributed by atoms with Crippen molar-refractivity contribution in [1.29, 1.82) is 0 Å². The molecule has 1 aliphatic carbocycles. The van der Waals surface area contributed by atoms with Gasteiger partial charge in [0.2, 0.25) is 0 Å². The maximum atomic E-state index is 4.01. The Labute approximate surface area is 75.2 Å². The van der Waals surface area contributed by atoms with Crippen LogP contribution in [0, 0.1) is 0 Å². The quantitative estimate of drug-likeness (QED) is 0.633. The Morgan fingerprint density at radius 3 is 2.45 bits per heavy atom. The van der Waals surface area contributed by atoms with Gasteiger partial charge in [0.25, 0.3) is 0 Å². The summed E-state index contributed by atoms with van der Waals surface area (Å²) in [5, 5.41) is 0. The lowest BCUT2D eigenvalue weighted by molar-refractivity contribution is 0.445. The smallest absolute Gasteiger partial charge is 0.0224 e. The Kier molecular flexibility index (Phi) is 4.46. The van der Waals surface area contributed by atoms with E-state index in [0.29, 0.717) is 0 Å². The van der Waals surface area contributed by atoms with Crippen molar-refractivity contribution in [2.75, 3.05) is 20.6 Å². The van der Waals surface area contributed by atoms with Gasteiger partial charge in [-0.2, -0.15) is 0 Å². The first-order chi connectivity index (χ1) is 4.70. The minimum absolute atomic E-state index is 0. The summed E-state index contributed by atoms with van der Waals surface area (Å²) in [5.74, 6) is 0. The largest absolute Gasteiger partial charge is 0.305 e. The molecule has 11 heavy (non-hydrogen) atoms. The zero-order valence-corrected chi connectivity index (χ0v) is 8.08. The monoisotopic (exact) mass is 173 g/mol. The third kappa shape index (κ3) is 3.08. The summed E-state index contributed by atoms with van der Waals surface area (Å²) < 4.78 is 0. The molecule has 0 aromatic carbocycles. The Morgan fingerprint density at radius 2 is 2.18 bits per heavy atom. The number of hydrogen-bond donors (Lipinski definition) is 0. The van der Waals surface area contributed by atoms with Gasteiger partial charge in [0, 0.05) is 6.54 Å². The van der Waals surface area contributed by atoms with Crippen LogP contribution in [0.15, 0.2) is 23.8 Å². The first-order valence-electron chi connectivity index (χ1n) is 3.72. The predicted molar refractivity (Wildman–Crippen MR) is 52.3 cm³/mol. The Balaban J connectivity index is 0.000001000. The highest BCUT2D eigenvalue weighted by atomic mass is 35.5. The van der Waals surface area contributed by atoms with Crippen molar-refractivity contribution in [3.63, 3.8) is 0 Å². The Bertz CT molecular complexity index is 170. The Morgan fingerprint density at radius 1 is 1.64 bits per heavy atom. The van der Waals surface area contributed by atoms with E-state index in [1.54, 1.807) is 0 Å². The fourth-order valence-corrected chi connectivity index (χ4v) is 1.09. The van der Waals surface area contributed by atoms with Crippen LogP contribution in [0.25, 0.3) is 0 Å². The molecule has 64 valence electrons. The van der Waals surface area contributed by atoms with Crippen molar-refractivity contribution in [3.05, 3.63) is 23.8 Å². The molecule has 0 aromatic heterocycles. The highest BCUT2D eigenvalue weighted by Gasteiger charge is 2.08. The van der Waals surface area contributed by atoms with Gasteiger partial charge < -0.3 is 4.90 Å². The summed E-state index contributed by atoms with van der Waals surface area (Å²) in [4.78, 5) is 2.15. The van der Waals surface area contributed by atoms with Gasteiger partial charge in [0.15, 0.2) is 0 Å². The Hall–Kier alpha value is -0.270. The molecule has 0 saturated carbocycles. The van der Waals surface area contributed by atoms with E-state index in [-0.39, 0.29) is 12.4 Å². The molecule has 1 rings (SSSR count). The predicted octanol–water partition coefficient (Wildman–Crippen LogP) is 2.25. The van der Waals surface area contributed by atoms with Crippen LogP contribution in [-0.4, -0.2) is 25.5 Å². The van der Waals surface area contributed by atoms with Crippen LogP contribution in [0.5, 0.6) is 0 Å². The van der Waals surface area contributed by atoms with Crippen molar-refractivity contribution in [2.45, 2.75) is 12.8 Å². The summed E-state index contributed by atoms with van der Waals surface area (Å²) in [6.07, 6.45) is 4.76. The normalized spacial score (nSPS) is 15.0. The maximum absolute atomic E-state index is 4.01. The molecule has 0 spiro atoms. The number of halogens is 1. The van der Waals surface area contributed by atoms with Crippen LogP contribution in [-0.2, 0) is 0 Å². The average Bonchev–Trinajstić information content (AvgIpc) is 1.55. The van der Waals surface area contributed by atoms with Gasteiger partial charge in [0.05, 0.1) is 0 Å². The molecule has 0 amide bonds. The van der Waals surface area contributed by atoms with E-state index < -0.39 is 0 Å². The van der Waals surface area contributed by atoms with Crippen LogP contribution in [0.4, 0.5) is 0 Å². The molecule has 0 atom stereocenters. The molecule has 0 heterocycles. The standard InChI is InChI=1S/C9H15N.ClH/c1-8(7-10(2)3)9-5-4-6-9;/h5H,1,4,6-7H2,2-3H3;1H. The second-order valence-electron chi connectivity index (χ2n) is 3.11.